The summed E-state index contributed by atoms with van der Waals surface area (Å²) in [7, 11) is 0. The normalized spacial score (nSPS) is 10.7. The molecule has 0 saturated heterocycles. The summed E-state index contributed by atoms with van der Waals surface area (Å²) >= 11 is 3.14. The van der Waals surface area contributed by atoms with Crippen LogP contribution in [0.4, 0.5) is 10.2 Å². The quantitative estimate of drug-likeness (QED) is 0.840. The van der Waals surface area contributed by atoms with E-state index in [1.54, 1.807) is 6.20 Å². The molecule has 0 amide bonds. The maximum absolute atomic E-state index is 13.2. The Morgan fingerprint density at radius 1 is 1.60 bits per heavy atom. The minimum absolute atomic E-state index is 0.189. The van der Waals surface area contributed by atoms with Crippen LogP contribution in [0.5, 0.6) is 0 Å². The molecule has 0 radical (unpaired) electrons. The van der Waals surface area contributed by atoms with Crippen LogP contribution in [0.25, 0.3) is 0 Å². The van der Waals surface area contributed by atoms with E-state index >= 15 is 0 Å². The first kappa shape index (κ1) is 12.4. The second kappa shape index (κ2) is 6.02. The summed E-state index contributed by atoms with van der Waals surface area (Å²) in [6.07, 6.45) is 1.74. The number of nitrogens with one attached hydrogen (secondary N) is 1. The molecule has 0 aromatic carbocycles. The Kier molecular flexibility index (Phi) is 4.98. The second-order valence-electron chi connectivity index (χ2n) is 3.33. The Balaban J connectivity index is 2.37. The third-order valence-corrected chi connectivity index (χ3v) is 2.09. The number of anilines is 1. The van der Waals surface area contributed by atoms with E-state index in [4.69, 9.17) is 4.74 Å². The van der Waals surface area contributed by atoms with E-state index in [0.717, 1.165) is 0 Å². The monoisotopic (exact) mass is 276 g/mol. The molecular weight excluding hydrogens is 263 g/mol. The van der Waals surface area contributed by atoms with Gasteiger partial charge >= 0.3 is 0 Å². The number of pyridine rings is 1. The molecule has 0 fully saturated rings. The lowest BCUT2D eigenvalue weighted by molar-refractivity contribution is 0.0870. The first-order chi connectivity index (χ1) is 7.09. The topological polar surface area (TPSA) is 34.1 Å². The fraction of sp³-hybridized carbons (Fsp3) is 0.500. The van der Waals surface area contributed by atoms with Gasteiger partial charge in [-0.1, -0.05) is 0 Å². The second-order valence-corrected chi connectivity index (χ2v) is 4.25. The minimum atomic E-state index is -0.367. The van der Waals surface area contributed by atoms with Gasteiger partial charge in [0.05, 0.1) is 12.7 Å². The number of nitrogens with zero attached hydrogens (tertiary/aromatic N) is 1. The van der Waals surface area contributed by atoms with Crippen LogP contribution in [0.15, 0.2) is 16.7 Å². The predicted molar refractivity (Wildman–Crippen MR) is 61.5 cm³/mol. The van der Waals surface area contributed by atoms with Crippen LogP contribution in [0.3, 0.4) is 0 Å². The Morgan fingerprint density at radius 2 is 2.33 bits per heavy atom. The van der Waals surface area contributed by atoms with Gasteiger partial charge in [0.25, 0.3) is 0 Å². The van der Waals surface area contributed by atoms with Crippen LogP contribution < -0.4 is 5.32 Å². The lowest BCUT2D eigenvalue weighted by Gasteiger charge is -2.09. The molecule has 1 aromatic heterocycles. The molecule has 15 heavy (non-hydrogen) atoms. The first-order valence-corrected chi connectivity index (χ1v) is 5.55. The van der Waals surface area contributed by atoms with Crippen LogP contribution in [-0.4, -0.2) is 24.2 Å². The maximum Gasteiger partial charge on any atom is 0.166 e. The Bertz CT molecular complexity index is 320. The highest BCUT2D eigenvalue weighted by Crippen LogP contribution is 2.15. The lowest BCUT2D eigenvalue weighted by Crippen LogP contribution is -2.14. The molecule has 0 saturated carbocycles. The van der Waals surface area contributed by atoms with Gasteiger partial charge in [-0.05, 0) is 35.8 Å². The fourth-order valence-corrected chi connectivity index (χ4v) is 1.31. The minimum Gasteiger partial charge on any atom is -0.377 e. The van der Waals surface area contributed by atoms with Crippen molar-refractivity contribution in [2.45, 2.75) is 20.0 Å². The SMILES string of the molecule is CC(C)OCCNc1ncc(Br)cc1F. The summed E-state index contributed by atoms with van der Waals surface area (Å²) in [5.74, 6) is -0.112. The number of aromatic nitrogens is 1. The predicted octanol–water partition coefficient (Wildman–Crippen LogP) is 2.82. The van der Waals surface area contributed by atoms with Gasteiger partial charge < -0.3 is 10.1 Å². The molecule has 3 nitrogen and oxygen atoms in total. The maximum atomic E-state index is 13.2. The summed E-state index contributed by atoms with van der Waals surface area (Å²) in [5.41, 5.74) is 0. The van der Waals surface area contributed by atoms with E-state index in [9.17, 15) is 4.39 Å². The highest BCUT2D eigenvalue weighted by Gasteiger charge is 2.03. The van der Waals surface area contributed by atoms with Crippen molar-refractivity contribution in [2.24, 2.45) is 0 Å². The molecule has 0 aliphatic rings. The molecule has 84 valence electrons. The molecule has 1 heterocycles. The van der Waals surface area contributed by atoms with Crippen molar-refractivity contribution in [3.8, 4) is 0 Å². The molecule has 5 heteroatoms. The average Bonchev–Trinajstić information content (AvgIpc) is 2.14. The molecule has 0 aliphatic heterocycles. The molecule has 1 rings (SSSR count). The highest BCUT2D eigenvalue weighted by atomic mass is 79.9. The zero-order valence-electron chi connectivity index (χ0n) is 8.76. The average molecular weight is 277 g/mol. The molecule has 1 aromatic rings. The Morgan fingerprint density at radius 3 is 2.93 bits per heavy atom. The molecule has 0 aliphatic carbocycles. The van der Waals surface area contributed by atoms with Gasteiger partial charge in [0.15, 0.2) is 11.6 Å². The number of halogens is 2. The largest absolute Gasteiger partial charge is 0.377 e. The van der Waals surface area contributed by atoms with Crippen LogP contribution >= 0.6 is 15.9 Å². The van der Waals surface area contributed by atoms with E-state index in [-0.39, 0.29) is 17.7 Å². The summed E-state index contributed by atoms with van der Waals surface area (Å²) < 4.78 is 19.2. The van der Waals surface area contributed by atoms with E-state index in [0.29, 0.717) is 17.6 Å². The van der Waals surface area contributed by atoms with Crippen LogP contribution in [0.1, 0.15) is 13.8 Å². The van der Waals surface area contributed by atoms with Gasteiger partial charge in [0.2, 0.25) is 0 Å². The molecule has 0 unspecified atom stereocenters. The molecule has 0 bridgehead atoms. The highest BCUT2D eigenvalue weighted by molar-refractivity contribution is 9.10. The first-order valence-electron chi connectivity index (χ1n) is 4.76. The van der Waals surface area contributed by atoms with E-state index < -0.39 is 0 Å². The van der Waals surface area contributed by atoms with Crippen LogP contribution in [0.2, 0.25) is 0 Å². The van der Waals surface area contributed by atoms with Crippen molar-refractivity contribution in [1.29, 1.82) is 0 Å². The lowest BCUT2D eigenvalue weighted by atomic mass is 10.4. The van der Waals surface area contributed by atoms with Gasteiger partial charge in [-0.25, -0.2) is 9.37 Å². The van der Waals surface area contributed by atoms with E-state index in [1.165, 1.54) is 6.07 Å². The van der Waals surface area contributed by atoms with Crippen LogP contribution in [-0.2, 0) is 4.74 Å². The number of ether oxygens (including phenoxy) is 1. The Labute approximate surface area is 97.2 Å². The number of hydrogen-bond donors (Lipinski definition) is 1. The zero-order chi connectivity index (χ0) is 11.3. The van der Waals surface area contributed by atoms with Crippen molar-refractivity contribution < 1.29 is 9.13 Å². The van der Waals surface area contributed by atoms with Crippen molar-refractivity contribution >= 4 is 21.7 Å². The van der Waals surface area contributed by atoms with Crippen molar-refractivity contribution in [2.75, 3.05) is 18.5 Å². The van der Waals surface area contributed by atoms with Gasteiger partial charge in [-0.3, -0.25) is 0 Å². The van der Waals surface area contributed by atoms with Crippen molar-refractivity contribution in [3.63, 3.8) is 0 Å². The number of rotatable bonds is 5. The van der Waals surface area contributed by atoms with Crippen molar-refractivity contribution in [3.05, 3.63) is 22.6 Å². The molecule has 1 N–H and O–H groups in total. The summed E-state index contributed by atoms with van der Waals surface area (Å²) in [5, 5.41) is 2.86. The zero-order valence-corrected chi connectivity index (χ0v) is 10.3. The van der Waals surface area contributed by atoms with E-state index in [2.05, 4.69) is 26.2 Å². The Hall–Kier alpha value is -0.680. The summed E-state index contributed by atoms with van der Waals surface area (Å²) in [6.45, 7) is 5.00. The molecular formula is C10H14BrFN2O. The standard InChI is InChI=1S/C10H14BrFN2O/c1-7(2)15-4-3-13-10-9(12)5-8(11)6-14-10/h5-7H,3-4H2,1-2H3,(H,13,14). The fourth-order valence-electron chi connectivity index (χ4n) is 1.01. The summed E-state index contributed by atoms with van der Waals surface area (Å²) in [6, 6.07) is 1.37. The van der Waals surface area contributed by atoms with Gasteiger partial charge in [-0.15, -0.1) is 0 Å². The van der Waals surface area contributed by atoms with Gasteiger partial charge in [0.1, 0.15) is 0 Å². The van der Waals surface area contributed by atoms with Gasteiger partial charge in [-0.2, -0.15) is 0 Å². The molecule has 0 spiro atoms. The third-order valence-electron chi connectivity index (χ3n) is 1.65. The third kappa shape index (κ3) is 4.57. The van der Waals surface area contributed by atoms with Crippen molar-refractivity contribution in [1.82, 2.24) is 4.98 Å². The smallest absolute Gasteiger partial charge is 0.166 e. The number of hydrogen-bond acceptors (Lipinski definition) is 3. The van der Waals surface area contributed by atoms with E-state index in [1.807, 2.05) is 13.8 Å². The molecule has 0 atom stereocenters. The van der Waals surface area contributed by atoms with Gasteiger partial charge in [0, 0.05) is 17.2 Å². The van der Waals surface area contributed by atoms with Crippen LogP contribution in [0, 0.1) is 5.82 Å². The summed E-state index contributed by atoms with van der Waals surface area (Å²) in [4.78, 5) is 3.91.